The maximum atomic E-state index is 10.7. The van der Waals surface area contributed by atoms with Gasteiger partial charge >= 0.3 is 0 Å². The summed E-state index contributed by atoms with van der Waals surface area (Å²) in [7, 11) is 0. The molecule has 0 aromatic rings. The zero-order valence-electron chi connectivity index (χ0n) is 6.67. The first-order valence-corrected chi connectivity index (χ1v) is 3.81. The molecule has 4 nitrogen and oxygen atoms in total. The molecule has 0 saturated carbocycles. The lowest BCUT2D eigenvalue weighted by molar-refractivity contribution is -0.114. The van der Waals surface area contributed by atoms with Crippen molar-refractivity contribution in [2.75, 3.05) is 6.61 Å². The predicted octanol–water partition coefficient (Wildman–Crippen LogP) is 0.450. The monoisotopic (exact) mass is 166 g/mol. The molecule has 64 valence electrons. The minimum absolute atomic E-state index is 0.0327. The molecule has 1 aliphatic heterocycles. The molecule has 1 fully saturated rings. The number of hydrogen-bond donors (Lipinski definition) is 1. The number of allylic oxidation sites excluding steroid dienone is 1. The Kier molecular flexibility index (Phi) is 2.70. The summed E-state index contributed by atoms with van der Waals surface area (Å²) in [6, 6.07) is 1.75. The largest absolute Gasteiger partial charge is 0.496 e. The Balaban J connectivity index is 2.84. The molecule has 0 unspecified atom stereocenters. The number of hydrogen-bond acceptors (Lipinski definition) is 3. The van der Waals surface area contributed by atoms with Crippen molar-refractivity contribution in [2.45, 2.75) is 19.3 Å². The molecule has 0 radical (unpaired) electrons. The molecule has 0 bridgehead atoms. The maximum absolute atomic E-state index is 10.7. The number of ether oxygens (including phenoxy) is 1. The Morgan fingerprint density at radius 2 is 2.33 bits per heavy atom. The van der Waals surface area contributed by atoms with Gasteiger partial charge < -0.3 is 10.5 Å². The van der Waals surface area contributed by atoms with E-state index < -0.39 is 5.91 Å². The molecular formula is C8H10N2O2. The van der Waals surface area contributed by atoms with Gasteiger partial charge in [-0.2, -0.15) is 5.26 Å². The van der Waals surface area contributed by atoms with Crippen LogP contribution in [0.1, 0.15) is 19.3 Å². The summed E-state index contributed by atoms with van der Waals surface area (Å²) in [5.41, 5.74) is 4.95. The molecule has 1 rings (SSSR count). The highest BCUT2D eigenvalue weighted by atomic mass is 16.5. The Labute approximate surface area is 70.6 Å². The summed E-state index contributed by atoms with van der Waals surface area (Å²) in [5, 5.41) is 8.56. The molecular weight excluding hydrogens is 156 g/mol. The molecule has 1 heterocycles. The van der Waals surface area contributed by atoms with Crippen LogP contribution in [0.5, 0.6) is 0 Å². The number of nitriles is 1. The molecule has 1 saturated heterocycles. The summed E-state index contributed by atoms with van der Waals surface area (Å²) in [6.07, 6.45) is 2.57. The molecule has 0 spiro atoms. The van der Waals surface area contributed by atoms with E-state index in [2.05, 4.69) is 0 Å². The number of primary amides is 1. The summed E-state index contributed by atoms with van der Waals surface area (Å²) in [5.74, 6) is -0.245. The highest BCUT2D eigenvalue weighted by Gasteiger charge is 2.16. The highest BCUT2D eigenvalue weighted by Crippen LogP contribution is 2.19. The van der Waals surface area contributed by atoms with Crippen molar-refractivity contribution in [1.82, 2.24) is 0 Å². The average Bonchev–Trinajstić information content (AvgIpc) is 2.07. The van der Waals surface area contributed by atoms with E-state index in [4.69, 9.17) is 15.7 Å². The molecule has 0 atom stereocenters. The van der Waals surface area contributed by atoms with Crippen molar-refractivity contribution in [1.29, 1.82) is 5.26 Å². The summed E-state index contributed by atoms with van der Waals surface area (Å²) < 4.78 is 5.15. The van der Waals surface area contributed by atoms with E-state index in [1.807, 2.05) is 0 Å². The van der Waals surface area contributed by atoms with Gasteiger partial charge in [0.25, 0.3) is 5.91 Å². The number of nitrogens with two attached hydrogens (primary N) is 1. The summed E-state index contributed by atoms with van der Waals surface area (Å²) in [6.45, 7) is 0.577. The van der Waals surface area contributed by atoms with Gasteiger partial charge in [-0.1, -0.05) is 0 Å². The van der Waals surface area contributed by atoms with Crippen molar-refractivity contribution in [2.24, 2.45) is 5.73 Å². The lowest BCUT2D eigenvalue weighted by atomic mass is 10.1. The second-order valence-corrected chi connectivity index (χ2v) is 2.58. The third-order valence-corrected chi connectivity index (χ3v) is 1.71. The Bertz CT molecular complexity index is 255. The quantitative estimate of drug-likeness (QED) is 0.454. The van der Waals surface area contributed by atoms with Crippen LogP contribution in [0.25, 0.3) is 0 Å². The summed E-state index contributed by atoms with van der Waals surface area (Å²) in [4.78, 5) is 10.7. The molecule has 12 heavy (non-hydrogen) atoms. The molecule has 0 aromatic carbocycles. The SMILES string of the molecule is N#CC(C(N)=O)=C1CCCCO1. The zero-order valence-corrected chi connectivity index (χ0v) is 6.67. The van der Waals surface area contributed by atoms with E-state index >= 15 is 0 Å². The van der Waals surface area contributed by atoms with E-state index in [-0.39, 0.29) is 5.57 Å². The molecule has 0 aliphatic carbocycles. The zero-order chi connectivity index (χ0) is 8.97. The Morgan fingerprint density at radius 3 is 2.75 bits per heavy atom. The van der Waals surface area contributed by atoms with Crippen molar-refractivity contribution >= 4 is 5.91 Å². The van der Waals surface area contributed by atoms with Gasteiger partial charge in [0.05, 0.1) is 6.61 Å². The fourth-order valence-electron chi connectivity index (χ4n) is 1.11. The van der Waals surface area contributed by atoms with Crippen LogP contribution >= 0.6 is 0 Å². The minimum Gasteiger partial charge on any atom is -0.496 e. The summed E-state index contributed by atoms with van der Waals surface area (Å²) >= 11 is 0. The van der Waals surface area contributed by atoms with Crippen LogP contribution in [0.2, 0.25) is 0 Å². The van der Waals surface area contributed by atoms with Crippen LogP contribution in [-0.2, 0) is 9.53 Å². The molecule has 1 aliphatic rings. The first-order chi connectivity index (χ1) is 5.75. The third-order valence-electron chi connectivity index (χ3n) is 1.71. The van der Waals surface area contributed by atoms with Gasteiger partial charge in [-0.05, 0) is 12.8 Å². The maximum Gasteiger partial charge on any atom is 0.262 e. The Hall–Kier alpha value is -1.50. The van der Waals surface area contributed by atoms with Crippen LogP contribution in [-0.4, -0.2) is 12.5 Å². The van der Waals surface area contributed by atoms with Crippen LogP contribution in [0.4, 0.5) is 0 Å². The van der Waals surface area contributed by atoms with E-state index in [0.29, 0.717) is 18.8 Å². The standard InChI is InChI=1S/C8H10N2O2/c9-5-6(8(10)11)7-3-1-2-4-12-7/h1-4H2,(H2,10,11). The molecule has 1 amide bonds. The van der Waals surface area contributed by atoms with Gasteiger partial charge in [0, 0.05) is 6.42 Å². The van der Waals surface area contributed by atoms with Crippen molar-refractivity contribution < 1.29 is 9.53 Å². The van der Waals surface area contributed by atoms with E-state index in [9.17, 15) is 4.79 Å². The van der Waals surface area contributed by atoms with Crippen molar-refractivity contribution in [3.63, 3.8) is 0 Å². The van der Waals surface area contributed by atoms with E-state index in [0.717, 1.165) is 12.8 Å². The lowest BCUT2D eigenvalue weighted by Crippen LogP contribution is -2.17. The second kappa shape index (κ2) is 3.77. The lowest BCUT2D eigenvalue weighted by Gasteiger charge is -2.16. The molecule has 4 heteroatoms. The van der Waals surface area contributed by atoms with Gasteiger partial charge in [0.1, 0.15) is 11.8 Å². The van der Waals surface area contributed by atoms with Crippen molar-refractivity contribution in [3.05, 3.63) is 11.3 Å². The van der Waals surface area contributed by atoms with Crippen molar-refractivity contribution in [3.8, 4) is 6.07 Å². The average molecular weight is 166 g/mol. The van der Waals surface area contributed by atoms with Gasteiger partial charge in [0.2, 0.25) is 0 Å². The molecule has 0 aromatic heterocycles. The number of carbonyl (C=O) groups excluding carboxylic acids is 1. The van der Waals surface area contributed by atoms with E-state index in [1.165, 1.54) is 0 Å². The third kappa shape index (κ3) is 1.76. The van der Waals surface area contributed by atoms with Crippen LogP contribution in [0.15, 0.2) is 11.3 Å². The number of amides is 1. The normalized spacial score (nSPS) is 20.6. The fraction of sp³-hybridized carbons (Fsp3) is 0.500. The van der Waals surface area contributed by atoms with E-state index in [1.54, 1.807) is 6.07 Å². The van der Waals surface area contributed by atoms with Crippen LogP contribution < -0.4 is 5.73 Å². The smallest absolute Gasteiger partial charge is 0.262 e. The van der Waals surface area contributed by atoms with Gasteiger partial charge in [-0.3, -0.25) is 4.79 Å². The fourth-order valence-corrected chi connectivity index (χ4v) is 1.11. The predicted molar refractivity (Wildman–Crippen MR) is 41.6 cm³/mol. The van der Waals surface area contributed by atoms with Gasteiger partial charge in [0.15, 0.2) is 5.57 Å². The number of nitrogens with zero attached hydrogens (tertiary/aromatic N) is 1. The second-order valence-electron chi connectivity index (χ2n) is 2.58. The molecule has 2 N–H and O–H groups in total. The topological polar surface area (TPSA) is 76.1 Å². The highest BCUT2D eigenvalue weighted by molar-refractivity contribution is 5.96. The number of rotatable bonds is 1. The Morgan fingerprint density at radius 1 is 1.58 bits per heavy atom. The minimum atomic E-state index is -0.700. The first-order valence-electron chi connectivity index (χ1n) is 3.81. The van der Waals surface area contributed by atoms with Crippen LogP contribution in [0.3, 0.4) is 0 Å². The van der Waals surface area contributed by atoms with Crippen LogP contribution in [0, 0.1) is 11.3 Å². The number of carbonyl (C=O) groups is 1. The first kappa shape index (κ1) is 8.60. The van der Waals surface area contributed by atoms with Gasteiger partial charge in [-0.25, -0.2) is 0 Å². The van der Waals surface area contributed by atoms with Gasteiger partial charge in [-0.15, -0.1) is 0 Å².